The number of hydrogen-bond donors (Lipinski definition) is 1. The van der Waals surface area contributed by atoms with Crippen molar-refractivity contribution < 1.29 is 14.5 Å². The van der Waals surface area contributed by atoms with Crippen LogP contribution in [-0.2, 0) is 9.53 Å². The molecule has 1 N–H and O–H groups in total. The molecule has 1 atom stereocenters. The van der Waals surface area contributed by atoms with E-state index in [9.17, 15) is 14.9 Å². The summed E-state index contributed by atoms with van der Waals surface area (Å²) in [6.07, 6.45) is 0. The van der Waals surface area contributed by atoms with Crippen LogP contribution in [0.15, 0.2) is 46.9 Å². The maximum atomic E-state index is 12.4. The minimum absolute atomic E-state index is 0.0825. The molecule has 1 unspecified atom stereocenters. The number of nitrogens with one attached hydrogen (secondary N) is 1. The van der Waals surface area contributed by atoms with E-state index in [1.54, 1.807) is 45.0 Å². The number of rotatable bonds is 4. The monoisotopic (exact) mass is 336 g/mol. The Bertz CT molecular complexity index is 725. The van der Waals surface area contributed by atoms with Crippen molar-refractivity contribution in [2.45, 2.75) is 26.7 Å². The predicted molar refractivity (Wildman–Crippen MR) is 86.4 cm³/mol. The molecule has 0 fully saturated rings. The molecule has 1 aliphatic rings. The molecule has 0 saturated heterocycles. The highest BCUT2D eigenvalue weighted by Crippen LogP contribution is 2.39. The average Bonchev–Trinajstić information content (AvgIpc) is 2.46. The lowest BCUT2D eigenvalue weighted by molar-refractivity contribution is -0.431. The molecule has 0 aliphatic carbocycles. The highest BCUT2D eigenvalue weighted by Gasteiger charge is 2.40. The second-order valence-electron chi connectivity index (χ2n) is 5.14. The number of carbonyl (C=O) groups excluding carboxylic acids is 1. The first kappa shape index (κ1) is 17.0. The third-order valence-corrected chi connectivity index (χ3v) is 3.83. The zero-order valence-electron chi connectivity index (χ0n) is 13.1. The first-order valence-electron chi connectivity index (χ1n) is 7.12. The molecule has 0 spiro atoms. The summed E-state index contributed by atoms with van der Waals surface area (Å²) in [5.41, 5.74) is 1.65. The Morgan fingerprint density at radius 2 is 2.09 bits per heavy atom. The van der Waals surface area contributed by atoms with Crippen molar-refractivity contribution in [2.24, 2.45) is 0 Å². The Morgan fingerprint density at radius 1 is 1.39 bits per heavy atom. The van der Waals surface area contributed by atoms with Gasteiger partial charge in [-0.1, -0.05) is 23.7 Å². The Kier molecular flexibility index (Phi) is 5.05. The van der Waals surface area contributed by atoms with Gasteiger partial charge in [0.05, 0.1) is 22.8 Å². The van der Waals surface area contributed by atoms with Crippen molar-refractivity contribution >= 4 is 17.6 Å². The summed E-state index contributed by atoms with van der Waals surface area (Å²) in [6, 6.07) is 6.71. The van der Waals surface area contributed by atoms with E-state index in [1.807, 2.05) is 0 Å². The van der Waals surface area contributed by atoms with E-state index in [0.717, 1.165) is 0 Å². The fraction of sp³-hybridized carbons (Fsp3) is 0.312. The number of allylic oxidation sites excluding steroid dienone is 3. The first-order chi connectivity index (χ1) is 10.9. The third kappa shape index (κ3) is 3.37. The normalized spacial score (nSPS) is 17.8. The van der Waals surface area contributed by atoms with Crippen LogP contribution in [0.25, 0.3) is 0 Å². The molecule has 1 aliphatic heterocycles. The molecule has 0 bridgehead atoms. The standard InChI is InChI=1S/C16H17ClN2O4/c1-4-23-16(20)13-9(2)18-10(3)15(19(21)22)14(13)11-6-5-7-12(17)8-11/h5-8,14,18H,4H2,1-3H3. The van der Waals surface area contributed by atoms with Gasteiger partial charge in [0, 0.05) is 10.7 Å². The van der Waals surface area contributed by atoms with Crippen LogP contribution in [0.5, 0.6) is 0 Å². The second-order valence-corrected chi connectivity index (χ2v) is 5.58. The molecular weight excluding hydrogens is 320 g/mol. The molecule has 0 aromatic heterocycles. The molecule has 0 radical (unpaired) electrons. The lowest BCUT2D eigenvalue weighted by Gasteiger charge is -2.26. The average molecular weight is 337 g/mol. The number of nitrogens with zero attached hydrogens (tertiary/aromatic N) is 1. The summed E-state index contributed by atoms with van der Waals surface area (Å²) in [5, 5.41) is 14.9. The van der Waals surface area contributed by atoms with Gasteiger partial charge in [-0.25, -0.2) is 4.79 Å². The zero-order chi connectivity index (χ0) is 17.1. The van der Waals surface area contributed by atoms with Gasteiger partial charge in [0.25, 0.3) is 5.70 Å². The maximum Gasteiger partial charge on any atom is 0.336 e. The number of halogens is 1. The molecular formula is C16H17ClN2O4. The van der Waals surface area contributed by atoms with Crippen LogP contribution >= 0.6 is 11.6 Å². The minimum atomic E-state index is -0.830. The fourth-order valence-corrected chi connectivity index (χ4v) is 2.91. The van der Waals surface area contributed by atoms with Crippen molar-refractivity contribution in [1.82, 2.24) is 5.32 Å². The van der Waals surface area contributed by atoms with E-state index < -0.39 is 16.8 Å². The highest BCUT2D eigenvalue weighted by atomic mass is 35.5. The number of benzene rings is 1. The lowest BCUT2D eigenvalue weighted by Crippen LogP contribution is -2.31. The van der Waals surface area contributed by atoms with Crippen LogP contribution in [0, 0.1) is 10.1 Å². The van der Waals surface area contributed by atoms with Crippen molar-refractivity contribution in [1.29, 1.82) is 0 Å². The molecule has 23 heavy (non-hydrogen) atoms. The number of ether oxygens (including phenoxy) is 1. The van der Waals surface area contributed by atoms with Gasteiger partial charge in [-0.15, -0.1) is 0 Å². The fourth-order valence-electron chi connectivity index (χ4n) is 2.72. The highest BCUT2D eigenvalue weighted by molar-refractivity contribution is 6.30. The summed E-state index contributed by atoms with van der Waals surface area (Å²) >= 11 is 6.02. The third-order valence-electron chi connectivity index (χ3n) is 3.60. The Labute approximate surface area is 138 Å². The van der Waals surface area contributed by atoms with Crippen LogP contribution in [0.3, 0.4) is 0 Å². The van der Waals surface area contributed by atoms with Crippen LogP contribution in [-0.4, -0.2) is 17.5 Å². The largest absolute Gasteiger partial charge is 0.463 e. The lowest BCUT2D eigenvalue weighted by atomic mass is 9.84. The molecule has 0 saturated carbocycles. The van der Waals surface area contributed by atoms with E-state index in [0.29, 0.717) is 22.0 Å². The molecule has 6 nitrogen and oxygen atoms in total. The van der Waals surface area contributed by atoms with Gasteiger partial charge in [0.2, 0.25) is 0 Å². The van der Waals surface area contributed by atoms with Crippen LogP contribution < -0.4 is 5.32 Å². The second kappa shape index (κ2) is 6.83. The van der Waals surface area contributed by atoms with Crippen molar-refractivity contribution in [3.8, 4) is 0 Å². The number of nitro groups is 1. The van der Waals surface area contributed by atoms with Crippen LogP contribution in [0.1, 0.15) is 32.3 Å². The van der Waals surface area contributed by atoms with Gasteiger partial charge in [-0.2, -0.15) is 0 Å². The predicted octanol–water partition coefficient (Wildman–Crippen LogP) is 3.37. The van der Waals surface area contributed by atoms with Gasteiger partial charge in [0.15, 0.2) is 0 Å². The van der Waals surface area contributed by atoms with E-state index >= 15 is 0 Å². The van der Waals surface area contributed by atoms with Gasteiger partial charge >= 0.3 is 5.97 Å². The number of dihydropyridines is 1. The molecule has 122 valence electrons. The van der Waals surface area contributed by atoms with E-state index in [-0.39, 0.29) is 17.9 Å². The first-order valence-corrected chi connectivity index (χ1v) is 7.50. The molecule has 1 aromatic carbocycles. The van der Waals surface area contributed by atoms with Gasteiger partial charge in [-0.05, 0) is 38.5 Å². The molecule has 1 aromatic rings. The Morgan fingerprint density at radius 3 is 2.65 bits per heavy atom. The summed E-state index contributed by atoms with van der Waals surface area (Å²) < 4.78 is 5.08. The van der Waals surface area contributed by atoms with Crippen molar-refractivity contribution in [2.75, 3.05) is 6.61 Å². The van der Waals surface area contributed by atoms with E-state index in [2.05, 4.69) is 5.32 Å². The van der Waals surface area contributed by atoms with Crippen molar-refractivity contribution in [3.05, 3.63) is 67.6 Å². The van der Waals surface area contributed by atoms with Crippen LogP contribution in [0.2, 0.25) is 5.02 Å². The number of esters is 1. The molecule has 2 rings (SSSR count). The SMILES string of the molecule is CCOC(=O)C1=C(C)NC(C)=C([N+](=O)[O-])C1c1cccc(Cl)c1. The minimum Gasteiger partial charge on any atom is -0.463 e. The summed E-state index contributed by atoms with van der Waals surface area (Å²) in [4.78, 5) is 23.4. The van der Waals surface area contributed by atoms with E-state index in [1.165, 1.54) is 0 Å². The molecule has 7 heteroatoms. The van der Waals surface area contributed by atoms with E-state index in [4.69, 9.17) is 16.3 Å². The number of carbonyl (C=O) groups is 1. The number of hydrogen-bond acceptors (Lipinski definition) is 5. The smallest absolute Gasteiger partial charge is 0.336 e. The topological polar surface area (TPSA) is 81.5 Å². The molecule has 1 heterocycles. The van der Waals surface area contributed by atoms with Gasteiger partial charge in [-0.3, -0.25) is 10.1 Å². The Hall–Kier alpha value is -2.34. The summed E-state index contributed by atoms with van der Waals surface area (Å²) in [6.45, 7) is 5.19. The van der Waals surface area contributed by atoms with Gasteiger partial charge in [0.1, 0.15) is 5.92 Å². The summed E-state index contributed by atoms with van der Waals surface area (Å²) in [7, 11) is 0. The summed E-state index contributed by atoms with van der Waals surface area (Å²) in [5.74, 6) is -1.40. The quantitative estimate of drug-likeness (QED) is 0.518. The van der Waals surface area contributed by atoms with Crippen LogP contribution in [0.4, 0.5) is 0 Å². The maximum absolute atomic E-state index is 12.4. The van der Waals surface area contributed by atoms with Gasteiger partial charge < -0.3 is 10.1 Å². The van der Waals surface area contributed by atoms with Crippen molar-refractivity contribution in [3.63, 3.8) is 0 Å². The zero-order valence-corrected chi connectivity index (χ0v) is 13.8. The molecule has 0 amide bonds. The Balaban J connectivity index is 2.65.